The Morgan fingerprint density at radius 3 is 2.93 bits per heavy atom. The number of rotatable bonds is 2. The molecule has 0 aliphatic rings. The second kappa shape index (κ2) is 3.55. The van der Waals surface area contributed by atoms with E-state index >= 15 is 0 Å². The summed E-state index contributed by atoms with van der Waals surface area (Å²) in [6.45, 7) is 0. The largest absolute Gasteiger partial charge is 0.477 e. The first-order chi connectivity index (χ1) is 6.77. The summed E-state index contributed by atoms with van der Waals surface area (Å²) in [4.78, 5) is 18.3. The lowest BCUT2D eigenvalue weighted by molar-refractivity contribution is 0.0690. The van der Waals surface area contributed by atoms with Gasteiger partial charge in [0.05, 0.1) is 5.69 Å². The van der Waals surface area contributed by atoms with Crippen LogP contribution in [0.25, 0.3) is 11.3 Å². The molecule has 0 aromatic carbocycles. The van der Waals surface area contributed by atoms with Crippen molar-refractivity contribution in [2.24, 2.45) is 0 Å². The van der Waals surface area contributed by atoms with E-state index < -0.39 is 5.97 Å². The van der Waals surface area contributed by atoms with Crippen molar-refractivity contribution < 1.29 is 9.90 Å². The van der Waals surface area contributed by atoms with E-state index in [4.69, 9.17) is 5.11 Å². The Balaban J connectivity index is 2.46. The van der Waals surface area contributed by atoms with Crippen molar-refractivity contribution in [1.29, 1.82) is 0 Å². The maximum atomic E-state index is 10.6. The fourth-order valence-electron chi connectivity index (χ4n) is 1.04. The van der Waals surface area contributed by atoms with E-state index in [1.165, 1.54) is 12.4 Å². The number of carboxylic acids is 1. The van der Waals surface area contributed by atoms with Gasteiger partial charge in [-0.25, -0.2) is 14.8 Å². The second-order valence-electron chi connectivity index (χ2n) is 2.61. The van der Waals surface area contributed by atoms with Crippen LogP contribution in [0.15, 0.2) is 29.2 Å². The van der Waals surface area contributed by atoms with Gasteiger partial charge in [-0.05, 0) is 17.5 Å². The average molecular weight is 206 g/mol. The van der Waals surface area contributed by atoms with Crippen LogP contribution in [-0.4, -0.2) is 21.0 Å². The Bertz CT molecular complexity index is 454. The lowest BCUT2D eigenvalue weighted by Gasteiger charge is -1.97. The number of carbonyl (C=O) groups is 1. The van der Waals surface area contributed by atoms with Crippen LogP contribution in [0.2, 0.25) is 0 Å². The van der Waals surface area contributed by atoms with Crippen LogP contribution in [0.3, 0.4) is 0 Å². The molecule has 0 saturated heterocycles. The third kappa shape index (κ3) is 1.62. The van der Waals surface area contributed by atoms with Gasteiger partial charge >= 0.3 is 5.97 Å². The standard InChI is InChI=1S/C9H6N2O2S/c12-9(13)8-3-7(10-5-11-8)6-1-2-14-4-6/h1-5H,(H,12,13). The van der Waals surface area contributed by atoms with Gasteiger partial charge in [-0.1, -0.05) is 0 Å². The van der Waals surface area contributed by atoms with Gasteiger partial charge in [-0.2, -0.15) is 11.3 Å². The predicted octanol–water partition coefficient (Wildman–Crippen LogP) is 1.90. The molecule has 2 rings (SSSR count). The quantitative estimate of drug-likeness (QED) is 0.815. The minimum absolute atomic E-state index is 0.0150. The summed E-state index contributed by atoms with van der Waals surface area (Å²) in [6.07, 6.45) is 1.26. The molecule has 0 aliphatic heterocycles. The Kier molecular flexibility index (Phi) is 2.24. The fourth-order valence-corrected chi connectivity index (χ4v) is 1.69. The molecule has 0 unspecified atom stereocenters. The first-order valence-electron chi connectivity index (χ1n) is 3.85. The summed E-state index contributed by atoms with van der Waals surface area (Å²) < 4.78 is 0. The molecular formula is C9H6N2O2S. The highest BCUT2D eigenvalue weighted by molar-refractivity contribution is 7.08. The highest BCUT2D eigenvalue weighted by Gasteiger charge is 2.07. The summed E-state index contributed by atoms with van der Waals surface area (Å²) in [7, 11) is 0. The molecule has 2 aromatic heterocycles. The zero-order valence-corrected chi connectivity index (χ0v) is 7.86. The van der Waals surface area contributed by atoms with E-state index in [9.17, 15) is 4.79 Å². The highest BCUT2D eigenvalue weighted by Crippen LogP contribution is 2.19. The van der Waals surface area contributed by atoms with Crippen LogP contribution in [-0.2, 0) is 0 Å². The van der Waals surface area contributed by atoms with E-state index in [0.717, 1.165) is 5.56 Å². The van der Waals surface area contributed by atoms with Crippen molar-refractivity contribution in [3.8, 4) is 11.3 Å². The third-order valence-electron chi connectivity index (χ3n) is 1.70. The van der Waals surface area contributed by atoms with Gasteiger partial charge in [-0.3, -0.25) is 0 Å². The lowest BCUT2D eigenvalue weighted by Crippen LogP contribution is -2.00. The Morgan fingerprint density at radius 1 is 1.43 bits per heavy atom. The topological polar surface area (TPSA) is 63.1 Å². The summed E-state index contributed by atoms with van der Waals surface area (Å²) in [6, 6.07) is 3.35. The van der Waals surface area contributed by atoms with Gasteiger partial charge in [0.1, 0.15) is 6.33 Å². The first kappa shape index (κ1) is 8.83. The molecule has 0 spiro atoms. The number of aromatic carboxylic acids is 1. The molecular weight excluding hydrogens is 200 g/mol. The smallest absolute Gasteiger partial charge is 0.354 e. The van der Waals surface area contributed by atoms with Crippen molar-refractivity contribution in [3.05, 3.63) is 34.9 Å². The van der Waals surface area contributed by atoms with Crippen molar-refractivity contribution in [1.82, 2.24) is 9.97 Å². The number of hydrogen-bond donors (Lipinski definition) is 1. The zero-order valence-electron chi connectivity index (χ0n) is 7.04. The first-order valence-corrected chi connectivity index (χ1v) is 4.79. The molecule has 4 nitrogen and oxygen atoms in total. The van der Waals surface area contributed by atoms with E-state index in [1.807, 2.05) is 16.8 Å². The third-order valence-corrected chi connectivity index (χ3v) is 2.39. The Morgan fingerprint density at radius 2 is 2.29 bits per heavy atom. The average Bonchev–Trinajstić information content (AvgIpc) is 2.71. The minimum atomic E-state index is -1.04. The molecule has 14 heavy (non-hydrogen) atoms. The number of thiophene rings is 1. The molecule has 2 heterocycles. The molecule has 70 valence electrons. The normalized spacial score (nSPS) is 10.0. The molecule has 0 saturated carbocycles. The molecule has 0 aliphatic carbocycles. The molecule has 1 N–H and O–H groups in total. The second-order valence-corrected chi connectivity index (χ2v) is 3.39. The number of nitrogens with zero attached hydrogens (tertiary/aromatic N) is 2. The summed E-state index contributed by atoms with van der Waals surface area (Å²) in [5.74, 6) is -1.04. The number of aromatic nitrogens is 2. The van der Waals surface area contributed by atoms with E-state index in [1.54, 1.807) is 11.3 Å². The maximum Gasteiger partial charge on any atom is 0.354 e. The van der Waals surface area contributed by atoms with Gasteiger partial charge in [0, 0.05) is 10.9 Å². The van der Waals surface area contributed by atoms with Gasteiger partial charge in [0.2, 0.25) is 0 Å². The van der Waals surface area contributed by atoms with Crippen LogP contribution >= 0.6 is 11.3 Å². The van der Waals surface area contributed by atoms with Crippen molar-refractivity contribution in [2.45, 2.75) is 0 Å². The predicted molar refractivity (Wildman–Crippen MR) is 52.3 cm³/mol. The van der Waals surface area contributed by atoms with Crippen LogP contribution in [0.4, 0.5) is 0 Å². The van der Waals surface area contributed by atoms with E-state index in [0.29, 0.717) is 5.69 Å². The van der Waals surface area contributed by atoms with Gasteiger partial charge < -0.3 is 5.11 Å². The van der Waals surface area contributed by atoms with Crippen LogP contribution in [0, 0.1) is 0 Å². The molecule has 0 amide bonds. The SMILES string of the molecule is O=C(O)c1cc(-c2ccsc2)ncn1. The molecule has 2 aromatic rings. The van der Waals surface area contributed by atoms with Crippen LogP contribution in [0.5, 0.6) is 0 Å². The van der Waals surface area contributed by atoms with Gasteiger partial charge in [0.25, 0.3) is 0 Å². The molecule has 0 atom stereocenters. The Hall–Kier alpha value is -1.75. The van der Waals surface area contributed by atoms with Crippen LogP contribution in [0.1, 0.15) is 10.5 Å². The monoisotopic (exact) mass is 206 g/mol. The van der Waals surface area contributed by atoms with E-state index in [-0.39, 0.29) is 5.69 Å². The Labute approximate surface area is 83.9 Å². The fraction of sp³-hybridized carbons (Fsp3) is 0. The van der Waals surface area contributed by atoms with Crippen molar-refractivity contribution in [3.63, 3.8) is 0 Å². The summed E-state index contributed by atoms with van der Waals surface area (Å²) >= 11 is 1.54. The number of carboxylic acid groups (broad SMARTS) is 1. The molecule has 0 fully saturated rings. The maximum absolute atomic E-state index is 10.6. The zero-order chi connectivity index (χ0) is 9.97. The molecule has 0 bridgehead atoms. The summed E-state index contributed by atoms with van der Waals surface area (Å²) in [5, 5.41) is 12.5. The number of hydrogen-bond acceptors (Lipinski definition) is 4. The van der Waals surface area contributed by atoms with Crippen molar-refractivity contribution >= 4 is 17.3 Å². The van der Waals surface area contributed by atoms with Crippen molar-refractivity contribution in [2.75, 3.05) is 0 Å². The minimum Gasteiger partial charge on any atom is -0.477 e. The lowest BCUT2D eigenvalue weighted by atomic mass is 10.2. The highest BCUT2D eigenvalue weighted by atomic mass is 32.1. The molecule has 0 radical (unpaired) electrons. The van der Waals surface area contributed by atoms with E-state index in [2.05, 4.69) is 9.97 Å². The summed E-state index contributed by atoms with van der Waals surface area (Å²) in [5.41, 5.74) is 1.57. The van der Waals surface area contributed by atoms with Crippen LogP contribution < -0.4 is 0 Å². The van der Waals surface area contributed by atoms with Gasteiger partial charge in [0.15, 0.2) is 5.69 Å². The van der Waals surface area contributed by atoms with Gasteiger partial charge in [-0.15, -0.1) is 0 Å². The molecule has 5 heteroatoms.